The summed E-state index contributed by atoms with van der Waals surface area (Å²) in [5.74, 6) is 0.569. The second-order valence-electron chi connectivity index (χ2n) is 7.20. The lowest BCUT2D eigenvalue weighted by atomic mass is 9.68. The standard InChI is InChI=1S/C22H16BrN5O4/c1-30-15-6-3-10(7-16(15)31-2)18-17-20(28-27-18)32-19(25)13(9-24)22(17)12-8-11(23)4-5-14(12)26-21(22)29/h3-8H,25H2,1-2H3,(H,26,29)(H,27,28)/t22-/m0/s1. The minimum Gasteiger partial charge on any atom is -0.493 e. The first-order valence-corrected chi connectivity index (χ1v) is 10.3. The Bertz CT molecular complexity index is 1370. The average Bonchev–Trinajstić information content (AvgIpc) is 3.33. The third-order valence-electron chi connectivity index (χ3n) is 5.69. The number of nitrogens with one attached hydrogen (secondary N) is 2. The molecule has 10 heteroatoms. The van der Waals surface area contributed by atoms with Crippen molar-refractivity contribution in [3.63, 3.8) is 0 Å². The van der Waals surface area contributed by atoms with Gasteiger partial charge in [-0.05, 0) is 36.4 Å². The Kier molecular flexibility index (Phi) is 4.39. The third-order valence-corrected chi connectivity index (χ3v) is 6.19. The molecule has 9 nitrogen and oxygen atoms in total. The molecule has 32 heavy (non-hydrogen) atoms. The van der Waals surface area contributed by atoms with Crippen molar-refractivity contribution in [2.24, 2.45) is 5.73 Å². The number of halogens is 1. The summed E-state index contributed by atoms with van der Waals surface area (Å²) in [5.41, 5.74) is 7.24. The Morgan fingerprint density at radius 2 is 1.97 bits per heavy atom. The van der Waals surface area contributed by atoms with Gasteiger partial charge in [0.1, 0.15) is 17.1 Å². The van der Waals surface area contributed by atoms with Gasteiger partial charge in [-0.2, -0.15) is 5.26 Å². The molecule has 160 valence electrons. The number of aromatic amines is 1. The van der Waals surface area contributed by atoms with E-state index in [9.17, 15) is 10.1 Å². The molecular formula is C22H16BrN5O4. The summed E-state index contributed by atoms with van der Waals surface area (Å²) in [7, 11) is 3.08. The van der Waals surface area contributed by atoms with Gasteiger partial charge in [0, 0.05) is 21.3 Å². The second kappa shape index (κ2) is 7.03. The van der Waals surface area contributed by atoms with E-state index < -0.39 is 11.3 Å². The largest absolute Gasteiger partial charge is 0.493 e. The number of ether oxygens (including phenoxy) is 3. The van der Waals surface area contributed by atoms with Crippen molar-refractivity contribution in [2.75, 3.05) is 19.5 Å². The smallest absolute Gasteiger partial charge is 0.245 e. The lowest BCUT2D eigenvalue weighted by Crippen LogP contribution is -2.42. The molecule has 0 saturated carbocycles. The van der Waals surface area contributed by atoms with Crippen molar-refractivity contribution in [1.82, 2.24) is 10.2 Å². The van der Waals surface area contributed by atoms with Gasteiger partial charge in [-0.3, -0.25) is 9.89 Å². The molecule has 1 amide bonds. The van der Waals surface area contributed by atoms with Crippen molar-refractivity contribution >= 4 is 27.5 Å². The van der Waals surface area contributed by atoms with Crippen LogP contribution in [0, 0.1) is 11.3 Å². The van der Waals surface area contributed by atoms with Crippen molar-refractivity contribution in [3.05, 3.63) is 63.5 Å². The SMILES string of the molecule is COc1ccc(-c2[nH]nc3c2[C@@]2(C(=O)Nc4ccc(Br)cc42)C(C#N)=C(N)O3)cc1OC. The lowest BCUT2D eigenvalue weighted by molar-refractivity contribution is -0.118. The van der Waals surface area contributed by atoms with E-state index in [4.69, 9.17) is 19.9 Å². The average molecular weight is 494 g/mol. The van der Waals surface area contributed by atoms with E-state index >= 15 is 0 Å². The number of fused-ring (bicyclic) bond motifs is 4. The number of rotatable bonds is 3. The van der Waals surface area contributed by atoms with Crippen LogP contribution in [0.3, 0.4) is 0 Å². The highest BCUT2D eigenvalue weighted by Gasteiger charge is 2.58. The van der Waals surface area contributed by atoms with Crippen molar-refractivity contribution < 1.29 is 19.0 Å². The fourth-order valence-corrected chi connectivity index (χ4v) is 4.68. The molecule has 0 unspecified atom stereocenters. The molecule has 0 saturated heterocycles. The zero-order valence-corrected chi connectivity index (χ0v) is 18.5. The Morgan fingerprint density at radius 3 is 2.69 bits per heavy atom. The molecule has 3 heterocycles. The number of benzene rings is 2. The fraction of sp³-hybridized carbons (Fsp3) is 0.136. The van der Waals surface area contributed by atoms with E-state index in [0.29, 0.717) is 39.6 Å². The third kappa shape index (κ3) is 2.48. The monoisotopic (exact) mass is 493 g/mol. The van der Waals surface area contributed by atoms with E-state index in [1.54, 1.807) is 37.4 Å². The topological polar surface area (TPSA) is 135 Å². The summed E-state index contributed by atoms with van der Waals surface area (Å²) < 4.78 is 17.2. The van der Waals surface area contributed by atoms with Crippen molar-refractivity contribution in [3.8, 4) is 34.7 Å². The zero-order valence-electron chi connectivity index (χ0n) is 16.9. The Balaban J connectivity index is 1.85. The summed E-state index contributed by atoms with van der Waals surface area (Å²) in [6.45, 7) is 0. The molecule has 3 aromatic rings. The number of H-pyrrole nitrogens is 1. The van der Waals surface area contributed by atoms with Crippen molar-refractivity contribution in [1.29, 1.82) is 5.26 Å². The normalized spacial score (nSPS) is 18.5. The van der Waals surface area contributed by atoms with Gasteiger partial charge in [0.05, 0.1) is 25.5 Å². The summed E-state index contributed by atoms with van der Waals surface area (Å²) in [6, 6.07) is 12.8. The molecule has 0 aliphatic carbocycles. The van der Waals surface area contributed by atoms with Crippen LogP contribution in [-0.4, -0.2) is 30.3 Å². The van der Waals surface area contributed by atoms with Gasteiger partial charge in [0.15, 0.2) is 11.5 Å². The zero-order chi connectivity index (χ0) is 22.6. The quantitative estimate of drug-likeness (QED) is 0.509. The number of aromatic nitrogens is 2. The van der Waals surface area contributed by atoms with Crippen LogP contribution in [0.2, 0.25) is 0 Å². The number of carbonyl (C=O) groups is 1. The highest BCUT2D eigenvalue weighted by atomic mass is 79.9. The van der Waals surface area contributed by atoms with Crippen LogP contribution in [0.1, 0.15) is 11.1 Å². The summed E-state index contributed by atoms with van der Waals surface area (Å²) in [4.78, 5) is 13.6. The van der Waals surface area contributed by atoms with Crippen LogP contribution in [0.4, 0.5) is 5.69 Å². The van der Waals surface area contributed by atoms with Gasteiger partial charge < -0.3 is 25.3 Å². The van der Waals surface area contributed by atoms with Crippen LogP contribution in [0.25, 0.3) is 11.3 Å². The van der Waals surface area contributed by atoms with Crippen LogP contribution < -0.4 is 25.3 Å². The van der Waals surface area contributed by atoms with Gasteiger partial charge in [-0.15, -0.1) is 5.10 Å². The maximum Gasteiger partial charge on any atom is 0.245 e. The number of amides is 1. The van der Waals surface area contributed by atoms with Crippen LogP contribution in [0.15, 0.2) is 52.3 Å². The molecular weight excluding hydrogens is 478 g/mol. The first-order chi connectivity index (χ1) is 15.4. The fourth-order valence-electron chi connectivity index (χ4n) is 4.32. The molecule has 0 radical (unpaired) electrons. The molecule has 1 atom stereocenters. The van der Waals surface area contributed by atoms with E-state index in [1.165, 1.54) is 7.11 Å². The first-order valence-electron chi connectivity index (χ1n) is 9.46. The molecule has 0 fully saturated rings. The van der Waals surface area contributed by atoms with Crippen LogP contribution in [0.5, 0.6) is 17.4 Å². The van der Waals surface area contributed by atoms with E-state index in [2.05, 4.69) is 37.5 Å². The number of anilines is 1. The molecule has 0 bridgehead atoms. The van der Waals surface area contributed by atoms with Gasteiger partial charge in [0.25, 0.3) is 0 Å². The van der Waals surface area contributed by atoms with E-state index in [0.717, 1.165) is 4.47 Å². The van der Waals surface area contributed by atoms with Crippen LogP contribution >= 0.6 is 15.9 Å². The molecule has 2 aliphatic heterocycles. The minimum atomic E-state index is -1.54. The maximum atomic E-state index is 13.6. The number of nitriles is 1. The van der Waals surface area contributed by atoms with E-state index in [-0.39, 0.29) is 17.3 Å². The Hall–Kier alpha value is -3.97. The van der Waals surface area contributed by atoms with Gasteiger partial charge >= 0.3 is 0 Å². The number of nitrogens with two attached hydrogens (primary N) is 1. The number of hydrogen-bond acceptors (Lipinski definition) is 7. The van der Waals surface area contributed by atoms with Crippen molar-refractivity contribution in [2.45, 2.75) is 5.41 Å². The summed E-state index contributed by atoms with van der Waals surface area (Å²) in [5, 5.41) is 20.1. The molecule has 2 aliphatic rings. The molecule has 5 rings (SSSR count). The molecule has 2 aromatic carbocycles. The van der Waals surface area contributed by atoms with Crippen LogP contribution in [-0.2, 0) is 10.2 Å². The highest BCUT2D eigenvalue weighted by Crippen LogP contribution is 2.55. The predicted octanol–water partition coefficient (Wildman–Crippen LogP) is 3.18. The van der Waals surface area contributed by atoms with Gasteiger partial charge in [0.2, 0.25) is 17.7 Å². The van der Waals surface area contributed by atoms with Gasteiger partial charge in [-0.1, -0.05) is 15.9 Å². The van der Waals surface area contributed by atoms with E-state index in [1.807, 2.05) is 6.07 Å². The molecule has 1 aromatic heterocycles. The number of carbonyl (C=O) groups excluding carboxylic acids is 1. The van der Waals surface area contributed by atoms with Gasteiger partial charge in [-0.25, -0.2) is 0 Å². The Morgan fingerprint density at radius 1 is 1.19 bits per heavy atom. The summed E-state index contributed by atoms with van der Waals surface area (Å²) >= 11 is 3.47. The predicted molar refractivity (Wildman–Crippen MR) is 118 cm³/mol. The lowest BCUT2D eigenvalue weighted by Gasteiger charge is -2.32. The second-order valence-corrected chi connectivity index (χ2v) is 8.11. The summed E-state index contributed by atoms with van der Waals surface area (Å²) in [6.07, 6.45) is 0. The minimum absolute atomic E-state index is 0.0116. The number of nitrogens with zero attached hydrogens (tertiary/aromatic N) is 2. The Labute approximate surface area is 190 Å². The number of methoxy groups -OCH3 is 2. The molecule has 1 spiro atoms. The first kappa shape index (κ1) is 20.0. The maximum absolute atomic E-state index is 13.6. The molecule has 4 N–H and O–H groups in total. The highest BCUT2D eigenvalue weighted by molar-refractivity contribution is 9.10. The number of hydrogen-bond donors (Lipinski definition) is 3.